The van der Waals surface area contributed by atoms with E-state index in [1.807, 2.05) is 0 Å². The maximum atomic E-state index is 13.6. The molecular weight excluding hydrogens is 306 g/mol. The van der Waals surface area contributed by atoms with Crippen molar-refractivity contribution in [2.75, 3.05) is 5.73 Å². The molecule has 0 aliphatic rings. The molecule has 0 aliphatic carbocycles. The molecule has 2 aromatic rings. The second kappa shape index (κ2) is 5.39. The van der Waals surface area contributed by atoms with Crippen molar-refractivity contribution in [1.29, 1.82) is 0 Å². The number of rotatable bonds is 3. The first-order valence-electron chi connectivity index (χ1n) is 5.33. The maximum absolute atomic E-state index is 13.6. The number of hydrogen-bond donors (Lipinski definition) is 2. The fraction of sp³-hybridized carbons (Fsp3) is 0. The fourth-order valence-electron chi connectivity index (χ4n) is 1.54. The van der Waals surface area contributed by atoms with Gasteiger partial charge in [0.05, 0.1) is 5.69 Å². The molecule has 0 saturated heterocycles. The Bertz CT molecular complexity index is 764. The summed E-state index contributed by atoms with van der Waals surface area (Å²) in [5, 5.41) is 5.03. The Morgan fingerprint density at radius 2 is 1.75 bits per heavy atom. The van der Waals surface area contributed by atoms with Crippen molar-refractivity contribution in [2.45, 2.75) is 14.7 Å². The van der Waals surface area contributed by atoms with Crippen molar-refractivity contribution in [1.82, 2.24) is 0 Å². The van der Waals surface area contributed by atoms with Gasteiger partial charge in [0.15, 0.2) is 0 Å². The third kappa shape index (κ3) is 3.09. The number of anilines is 1. The van der Waals surface area contributed by atoms with Crippen molar-refractivity contribution < 1.29 is 17.2 Å². The minimum atomic E-state index is -3.96. The zero-order valence-electron chi connectivity index (χ0n) is 10.0. The van der Waals surface area contributed by atoms with Gasteiger partial charge < -0.3 is 5.73 Å². The van der Waals surface area contributed by atoms with Gasteiger partial charge in [-0.1, -0.05) is 17.8 Å². The first-order chi connectivity index (χ1) is 9.29. The molecule has 4 N–H and O–H groups in total. The van der Waals surface area contributed by atoms with E-state index in [0.29, 0.717) is 4.90 Å². The van der Waals surface area contributed by atoms with Gasteiger partial charge in [-0.2, -0.15) is 0 Å². The number of benzene rings is 2. The minimum Gasteiger partial charge on any atom is -0.397 e. The molecule has 2 aromatic carbocycles. The second-order valence-corrected chi connectivity index (χ2v) is 6.50. The van der Waals surface area contributed by atoms with Crippen LogP contribution in [0.5, 0.6) is 0 Å². The van der Waals surface area contributed by atoms with Crippen LogP contribution in [0.3, 0.4) is 0 Å². The summed E-state index contributed by atoms with van der Waals surface area (Å²) >= 11 is 0.893. The molecule has 0 aliphatic heterocycles. The van der Waals surface area contributed by atoms with E-state index < -0.39 is 21.7 Å². The van der Waals surface area contributed by atoms with Crippen LogP contribution in [0.15, 0.2) is 51.1 Å². The molecule has 0 spiro atoms. The van der Waals surface area contributed by atoms with Gasteiger partial charge in [0.2, 0.25) is 10.0 Å². The molecule has 20 heavy (non-hydrogen) atoms. The third-order valence-electron chi connectivity index (χ3n) is 2.45. The van der Waals surface area contributed by atoms with E-state index in [1.54, 1.807) is 0 Å². The highest BCUT2D eigenvalue weighted by atomic mass is 32.2. The van der Waals surface area contributed by atoms with Crippen LogP contribution in [0, 0.1) is 11.6 Å². The lowest BCUT2D eigenvalue weighted by molar-refractivity contribution is 0.565. The predicted molar refractivity (Wildman–Crippen MR) is 72.7 cm³/mol. The van der Waals surface area contributed by atoms with Crippen molar-refractivity contribution >= 4 is 27.5 Å². The van der Waals surface area contributed by atoms with Gasteiger partial charge in [-0.15, -0.1) is 0 Å². The molecule has 0 fully saturated rings. The van der Waals surface area contributed by atoms with Gasteiger partial charge in [-0.05, 0) is 24.3 Å². The maximum Gasteiger partial charge on any atom is 0.240 e. The molecule has 0 unspecified atom stereocenters. The van der Waals surface area contributed by atoms with Crippen LogP contribution >= 0.6 is 11.8 Å². The van der Waals surface area contributed by atoms with Crippen LogP contribution in [0.1, 0.15) is 0 Å². The Kier molecular flexibility index (Phi) is 3.98. The third-order valence-corrected chi connectivity index (χ3v) is 4.54. The van der Waals surface area contributed by atoms with E-state index in [9.17, 15) is 17.2 Å². The number of para-hydroxylation sites is 1. The molecule has 0 amide bonds. The molecule has 0 heterocycles. The summed E-state index contributed by atoms with van der Waals surface area (Å²) in [4.78, 5) is 0.219. The molecule has 0 aromatic heterocycles. The smallest absolute Gasteiger partial charge is 0.240 e. The van der Waals surface area contributed by atoms with Gasteiger partial charge in [0, 0.05) is 15.9 Å². The van der Waals surface area contributed by atoms with Crippen LogP contribution in [0.25, 0.3) is 0 Å². The highest BCUT2D eigenvalue weighted by Gasteiger charge is 2.16. The highest BCUT2D eigenvalue weighted by Crippen LogP contribution is 2.36. The van der Waals surface area contributed by atoms with Gasteiger partial charge in [0.1, 0.15) is 16.5 Å². The van der Waals surface area contributed by atoms with Crippen molar-refractivity contribution in [3.05, 3.63) is 48.0 Å². The number of primary sulfonamides is 1. The van der Waals surface area contributed by atoms with Crippen LogP contribution in [-0.4, -0.2) is 8.42 Å². The molecule has 0 saturated carbocycles. The number of nitrogen functional groups attached to an aromatic ring is 1. The Morgan fingerprint density at radius 1 is 1.05 bits per heavy atom. The lowest BCUT2D eigenvalue weighted by Crippen LogP contribution is -2.14. The topological polar surface area (TPSA) is 86.2 Å². The summed E-state index contributed by atoms with van der Waals surface area (Å²) in [7, 11) is -3.96. The minimum absolute atomic E-state index is 0.0660. The quantitative estimate of drug-likeness (QED) is 0.851. The zero-order chi connectivity index (χ0) is 14.9. The summed E-state index contributed by atoms with van der Waals surface area (Å²) < 4.78 is 49.0. The van der Waals surface area contributed by atoms with Crippen LogP contribution in [-0.2, 0) is 10.0 Å². The van der Waals surface area contributed by atoms with E-state index >= 15 is 0 Å². The van der Waals surface area contributed by atoms with Crippen molar-refractivity contribution in [3.8, 4) is 0 Å². The van der Waals surface area contributed by atoms with E-state index in [1.165, 1.54) is 24.3 Å². The molecule has 0 radical (unpaired) electrons. The van der Waals surface area contributed by atoms with Crippen LogP contribution < -0.4 is 10.9 Å². The zero-order valence-corrected chi connectivity index (χ0v) is 11.6. The Balaban J connectivity index is 2.45. The summed E-state index contributed by atoms with van der Waals surface area (Å²) in [5.74, 6) is -1.45. The van der Waals surface area contributed by atoms with E-state index in [4.69, 9.17) is 10.9 Å². The lowest BCUT2D eigenvalue weighted by Gasteiger charge is -2.09. The standard InChI is InChI=1S/C12H10F2N2O2S2/c13-7-4-5-9(8(14)6-7)19-10-2-1-3-11(12(10)15)20(16,17)18/h1-6H,15H2,(H2,16,17,18). The Morgan fingerprint density at radius 3 is 2.35 bits per heavy atom. The summed E-state index contributed by atoms with van der Waals surface area (Å²) in [5.41, 5.74) is 5.65. The molecular formula is C12H10F2N2O2S2. The first kappa shape index (κ1) is 14.8. The average Bonchev–Trinajstić information content (AvgIpc) is 2.33. The SMILES string of the molecule is Nc1c(Sc2ccc(F)cc2F)cccc1S(N)(=O)=O. The second-order valence-electron chi connectivity index (χ2n) is 3.89. The van der Waals surface area contributed by atoms with Gasteiger partial charge >= 0.3 is 0 Å². The average molecular weight is 316 g/mol. The molecule has 4 nitrogen and oxygen atoms in total. The largest absolute Gasteiger partial charge is 0.397 e. The Labute approximate surface area is 118 Å². The van der Waals surface area contributed by atoms with Crippen LogP contribution in [0.2, 0.25) is 0 Å². The van der Waals surface area contributed by atoms with Crippen molar-refractivity contribution in [3.63, 3.8) is 0 Å². The molecule has 2 rings (SSSR count). The van der Waals surface area contributed by atoms with Gasteiger partial charge in [-0.3, -0.25) is 0 Å². The molecule has 8 heteroatoms. The van der Waals surface area contributed by atoms with Gasteiger partial charge in [-0.25, -0.2) is 22.3 Å². The Hall–Kier alpha value is -1.64. The first-order valence-corrected chi connectivity index (χ1v) is 7.69. The summed E-state index contributed by atoms with van der Waals surface area (Å²) in [6.07, 6.45) is 0. The summed E-state index contributed by atoms with van der Waals surface area (Å²) in [6, 6.07) is 7.32. The predicted octanol–water partition coefficient (Wildman–Crippen LogP) is 2.35. The fourth-order valence-corrected chi connectivity index (χ4v) is 3.18. The highest BCUT2D eigenvalue weighted by molar-refractivity contribution is 7.99. The summed E-state index contributed by atoms with van der Waals surface area (Å²) in [6.45, 7) is 0. The normalized spacial score (nSPS) is 11.6. The molecule has 106 valence electrons. The number of halogens is 2. The number of sulfonamides is 1. The number of nitrogens with two attached hydrogens (primary N) is 2. The van der Waals surface area contributed by atoms with E-state index in [-0.39, 0.29) is 15.5 Å². The van der Waals surface area contributed by atoms with E-state index in [2.05, 4.69) is 0 Å². The lowest BCUT2D eigenvalue weighted by atomic mass is 10.3. The van der Waals surface area contributed by atoms with Crippen LogP contribution in [0.4, 0.5) is 14.5 Å². The van der Waals surface area contributed by atoms with E-state index in [0.717, 1.165) is 23.9 Å². The van der Waals surface area contributed by atoms with Gasteiger partial charge in [0.25, 0.3) is 0 Å². The van der Waals surface area contributed by atoms with Crippen molar-refractivity contribution in [2.24, 2.45) is 5.14 Å². The molecule has 0 bridgehead atoms. The number of hydrogen-bond acceptors (Lipinski definition) is 4. The molecule has 0 atom stereocenters. The monoisotopic (exact) mass is 316 g/mol.